The molecule has 1 aromatic rings. The van der Waals surface area contributed by atoms with E-state index in [1.54, 1.807) is 0 Å². The van der Waals surface area contributed by atoms with E-state index in [9.17, 15) is 22.8 Å². The fourth-order valence-electron chi connectivity index (χ4n) is 1.04. The molecule has 0 fully saturated rings. The molecule has 0 saturated carbocycles. The molecule has 0 aliphatic rings. The van der Waals surface area contributed by atoms with Crippen molar-refractivity contribution in [1.29, 1.82) is 0 Å². The van der Waals surface area contributed by atoms with Crippen molar-refractivity contribution in [3.05, 3.63) is 33.5 Å². The van der Waals surface area contributed by atoms with E-state index in [-0.39, 0.29) is 5.69 Å². The molecule has 0 spiro atoms. The average molecular weight is 221 g/mol. The fourth-order valence-corrected chi connectivity index (χ4v) is 1.04. The van der Waals surface area contributed by atoms with Crippen LogP contribution < -0.4 is 5.56 Å². The Bertz CT molecular complexity index is 441. The molecule has 0 aliphatic heterocycles. The zero-order valence-corrected chi connectivity index (χ0v) is 7.26. The lowest BCUT2D eigenvalue weighted by atomic mass is 10.2. The van der Waals surface area contributed by atoms with Crippen LogP contribution in [0.25, 0.3) is 0 Å². The van der Waals surface area contributed by atoms with Gasteiger partial charge in [0, 0.05) is 5.69 Å². The number of aliphatic carboxylic acids is 1. The van der Waals surface area contributed by atoms with Gasteiger partial charge in [0.1, 0.15) is 0 Å². The van der Waals surface area contributed by atoms with Gasteiger partial charge in [0.25, 0.3) is 12.0 Å². The number of carbonyl (C=O) groups is 1. The Balaban J connectivity index is 3.23. The Morgan fingerprint density at radius 2 is 2.13 bits per heavy atom. The van der Waals surface area contributed by atoms with E-state index in [1.165, 1.54) is 0 Å². The van der Waals surface area contributed by atoms with Crippen LogP contribution in [0.1, 0.15) is 17.7 Å². The number of aromatic nitrogens is 1. The molecule has 1 heterocycles. The van der Waals surface area contributed by atoms with Gasteiger partial charge >= 0.3 is 5.97 Å². The highest BCUT2D eigenvalue weighted by Gasteiger charge is 2.18. The Morgan fingerprint density at radius 3 is 2.60 bits per heavy atom. The third-order valence-corrected chi connectivity index (χ3v) is 1.63. The van der Waals surface area contributed by atoms with E-state index in [0.717, 1.165) is 0 Å². The minimum absolute atomic E-state index is 0.260. The SMILES string of the molecule is O=C(O)Cc1cc(C(F)F)c(F)c(=O)[nH]1. The van der Waals surface area contributed by atoms with Crippen LogP contribution >= 0.6 is 0 Å². The van der Waals surface area contributed by atoms with Gasteiger partial charge in [-0.05, 0) is 6.07 Å². The smallest absolute Gasteiger partial charge is 0.309 e. The topological polar surface area (TPSA) is 70.2 Å². The van der Waals surface area contributed by atoms with Crippen molar-refractivity contribution >= 4 is 5.97 Å². The van der Waals surface area contributed by atoms with Crippen LogP contribution in [0.4, 0.5) is 13.2 Å². The Labute approximate surface area is 81.4 Å². The van der Waals surface area contributed by atoms with Crippen LogP contribution in [0.5, 0.6) is 0 Å². The molecule has 0 aliphatic carbocycles. The minimum Gasteiger partial charge on any atom is -0.481 e. The molecule has 0 unspecified atom stereocenters. The van der Waals surface area contributed by atoms with Gasteiger partial charge in [0.15, 0.2) is 5.82 Å². The predicted molar refractivity (Wildman–Crippen MR) is 43.3 cm³/mol. The first-order valence-corrected chi connectivity index (χ1v) is 3.83. The first-order chi connectivity index (χ1) is 6.91. The van der Waals surface area contributed by atoms with Crippen molar-refractivity contribution in [3.8, 4) is 0 Å². The molecular weight excluding hydrogens is 215 g/mol. The zero-order valence-electron chi connectivity index (χ0n) is 7.26. The van der Waals surface area contributed by atoms with Gasteiger partial charge < -0.3 is 10.1 Å². The number of H-pyrrole nitrogens is 1. The van der Waals surface area contributed by atoms with Gasteiger partial charge in [-0.3, -0.25) is 9.59 Å². The number of carboxylic acid groups (broad SMARTS) is 1. The molecule has 0 bridgehead atoms. The molecule has 2 N–H and O–H groups in total. The fraction of sp³-hybridized carbons (Fsp3) is 0.250. The number of pyridine rings is 1. The summed E-state index contributed by atoms with van der Waals surface area (Å²) in [4.78, 5) is 22.9. The van der Waals surface area contributed by atoms with Crippen LogP contribution in [0.2, 0.25) is 0 Å². The highest BCUT2D eigenvalue weighted by atomic mass is 19.3. The summed E-state index contributed by atoms with van der Waals surface area (Å²) < 4.78 is 37.2. The summed E-state index contributed by atoms with van der Waals surface area (Å²) >= 11 is 0. The average Bonchev–Trinajstić information content (AvgIpc) is 2.09. The normalized spacial score (nSPS) is 10.7. The number of rotatable bonds is 3. The summed E-state index contributed by atoms with van der Waals surface area (Å²) in [7, 11) is 0. The monoisotopic (exact) mass is 221 g/mol. The van der Waals surface area contributed by atoms with Crippen molar-refractivity contribution in [2.75, 3.05) is 0 Å². The highest BCUT2D eigenvalue weighted by molar-refractivity contribution is 5.69. The number of nitrogens with one attached hydrogen (secondary N) is 1. The third-order valence-electron chi connectivity index (χ3n) is 1.63. The van der Waals surface area contributed by atoms with Crippen LogP contribution in [0.15, 0.2) is 10.9 Å². The van der Waals surface area contributed by atoms with Crippen molar-refractivity contribution in [1.82, 2.24) is 4.98 Å². The molecule has 1 rings (SSSR count). The predicted octanol–water partition coefficient (Wildman–Crippen LogP) is 1.08. The number of hydrogen-bond acceptors (Lipinski definition) is 2. The second kappa shape index (κ2) is 4.16. The van der Waals surface area contributed by atoms with E-state index in [0.29, 0.717) is 6.07 Å². The molecule has 82 valence electrons. The minimum atomic E-state index is -3.15. The maximum atomic E-state index is 12.8. The largest absolute Gasteiger partial charge is 0.481 e. The summed E-state index contributed by atoms with van der Waals surface area (Å²) in [6.07, 6.45) is -3.80. The van der Waals surface area contributed by atoms with Crippen molar-refractivity contribution < 1.29 is 23.1 Å². The van der Waals surface area contributed by atoms with E-state index < -0.39 is 35.8 Å². The molecule has 0 atom stereocenters. The molecule has 15 heavy (non-hydrogen) atoms. The van der Waals surface area contributed by atoms with Gasteiger partial charge in [-0.15, -0.1) is 0 Å². The Hall–Kier alpha value is -1.79. The second-order valence-corrected chi connectivity index (χ2v) is 2.76. The summed E-state index contributed by atoms with van der Waals surface area (Å²) in [5, 5.41) is 8.35. The summed E-state index contributed by atoms with van der Waals surface area (Å²) in [5.41, 5.74) is -2.69. The van der Waals surface area contributed by atoms with Gasteiger partial charge in [-0.1, -0.05) is 0 Å². The van der Waals surface area contributed by atoms with Crippen LogP contribution in [-0.4, -0.2) is 16.1 Å². The first-order valence-electron chi connectivity index (χ1n) is 3.83. The van der Waals surface area contributed by atoms with Crippen molar-refractivity contribution in [2.45, 2.75) is 12.8 Å². The molecule has 0 radical (unpaired) electrons. The van der Waals surface area contributed by atoms with Crippen LogP contribution in [-0.2, 0) is 11.2 Å². The quantitative estimate of drug-likeness (QED) is 0.802. The summed E-state index contributed by atoms with van der Waals surface area (Å²) in [6, 6.07) is 0.634. The lowest BCUT2D eigenvalue weighted by Crippen LogP contribution is -2.18. The maximum Gasteiger partial charge on any atom is 0.309 e. The number of hydrogen-bond donors (Lipinski definition) is 2. The number of halogens is 3. The lowest BCUT2D eigenvalue weighted by Gasteiger charge is -2.03. The number of carboxylic acids is 1. The zero-order chi connectivity index (χ0) is 11.6. The van der Waals surface area contributed by atoms with Crippen LogP contribution in [0, 0.1) is 5.82 Å². The third kappa shape index (κ3) is 2.58. The van der Waals surface area contributed by atoms with Gasteiger partial charge in [0.05, 0.1) is 12.0 Å². The second-order valence-electron chi connectivity index (χ2n) is 2.76. The molecule has 1 aromatic heterocycles. The van der Waals surface area contributed by atoms with Gasteiger partial charge in [-0.2, -0.15) is 0 Å². The maximum absolute atomic E-state index is 12.8. The van der Waals surface area contributed by atoms with Crippen molar-refractivity contribution in [2.24, 2.45) is 0 Å². The summed E-state index contributed by atoms with van der Waals surface area (Å²) in [5.74, 6) is -2.89. The highest BCUT2D eigenvalue weighted by Crippen LogP contribution is 2.20. The Kier molecular flexibility index (Phi) is 3.13. The molecule has 0 saturated heterocycles. The van der Waals surface area contributed by atoms with Crippen molar-refractivity contribution in [3.63, 3.8) is 0 Å². The molecular formula is C8H6F3NO3. The lowest BCUT2D eigenvalue weighted by molar-refractivity contribution is -0.136. The van der Waals surface area contributed by atoms with Crippen LogP contribution in [0.3, 0.4) is 0 Å². The number of alkyl halides is 2. The molecule has 4 nitrogen and oxygen atoms in total. The van der Waals surface area contributed by atoms with E-state index >= 15 is 0 Å². The molecule has 0 amide bonds. The summed E-state index contributed by atoms with van der Waals surface area (Å²) in [6.45, 7) is 0. The Morgan fingerprint density at radius 1 is 1.53 bits per heavy atom. The first kappa shape index (κ1) is 11.3. The van der Waals surface area contributed by atoms with Gasteiger partial charge in [0.2, 0.25) is 0 Å². The molecule has 7 heteroatoms. The molecule has 0 aromatic carbocycles. The van der Waals surface area contributed by atoms with E-state index in [1.807, 2.05) is 4.98 Å². The number of aromatic amines is 1. The van der Waals surface area contributed by atoms with Gasteiger partial charge in [-0.25, -0.2) is 13.2 Å². The van der Waals surface area contributed by atoms with E-state index in [2.05, 4.69) is 0 Å². The van der Waals surface area contributed by atoms with E-state index in [4.69, 9.17) is 5.11 Å². The standard InChI is InChI=1S/C8H6F3NO3/c9-6-4(7(10)11)1-3(2-5(13)14)12-8(6)15/h1,7H,2H2,(H,12,15)(H,13,14).